The normalized spacial score (nSPS) is 11.1. The number of para-hydroxylation sites is 1. The number of aromatic hydroxyl groups is 1. The van der Waals surface area contributed by atoms with Gasteiger partial charge in [0.2, 0.25) is 5.78 Å². The molecule has 114 valence electrons. The predicted octanol–water partition coefficient (Wildman–Crippen LogP) is 3.81. The molecular weight excluding hydrogens is 316 g/mol. The quantitative estimate of drug-likeness (QED) is 0.340. The maximum Gasteiger partial charge on any atom is 0.311 e. The molecule has 0 amide bonds. The maximum atomic E-state index is 12.2. The van der Waals surface area contributed by atoms with Gasteiger partial charge in [-0.25, -0.2) is 4.98 Å². The van der Waals surface area contributed by atoms with Gasteiger partial charge in [-0.3, -0.25) is 14.9 Å². The second-order valence-electron chi connectivity index (χ2n) is 4.69. The first kappa shape index (κ1) is 14.9. The number of nitrogens with zero attached hydrogens (tertiary/aromatic N) is 2. The highest BCUT2D eigenvalue weighted by Crippen LogP contribution is 2.27. The van der Waals surface area contributed by atoms with Crippen LogP contribution in [-0.4, -0.2) is 20.8 Å². The summed E-state index contributed by atoms with van der Waals surface area (Å²) in [5.74, 6) is -0.688. The number of hydrogen-bond donors (Lipinski definition) is 1. The number of ketones is 1. The molecule has 1 heterocycles. The van der Waals surface area contributed by atoms with Gasteiger partial charge in [0, 0.05) is 6.07 Å². The summed E-state index contributed by atoms with van der Waals surface area (Å²) in [4.78, 5) is 26.5. The van der Waals surface area contributed by atoms with Crippen molar-refractivity contribution in [2.45, 2.75) is 0 Å². The topological polar surface area (TPSA) is 93.3 Å². The van der Waals surface area contributed by atoms with E-state index in [0.717, 1.165) is 10.2 Å². The molecule has 2 aromatic carbocycles. The van der Waals surface area contributed by atoms with Crippen molar-refractivity contribution >= 4 is 39.1 Å². The third kappa shape index (κ3) is 3.09. The van der Waals surface area contributed by atoms with Crippen LogP contribution in [0.3, 0.4) is 0 Å². The average Bonchev–Trinajstić information content (AvgIpc) is 2.97. The number of nitro benzene ring substituents is 1. The summed E-state index contributed by atoms with van der Waals surface area (Å²) in [6.07, 6.45) is 2.77. The number of carbonyl (C=O) groups excluding carboxylic acids is 1. The van der Waals surface area contributed by atoms with E-state index >= 15 is 0 Å². The van der Waals surface area contributed by atoms with Crippen LogP contribution in [0.5, 0.6) is 5.75 Å². The Balaban J connectivity index is 1.86. The molecule has 0 saturated heterocycles. The van der Waals surface area contributed by atoms with Crippen LogP contribution in [0.2, 0.25) is 0 Å². The molecule has 7 heteroatoms. The molecule has 0 unspecified atom stereocenters. The summed E-state index contributed by atoms with van der Waals surface area (Å²) < 4.78 is 0.921. The lowest BCUT2D eigenvalue weighted by Crippen LogP contribution is -1.92. The third-order valence-electron chi connectivity index (χ3n) is 3.13. The van der Waals surface area contributed by atoms with Gasteiger partial charge in [0.25, 0.3) is 0 Å². The first-order valence-corrected chi connectivity index (χ1v) is 7.41. The lowest BCUT2D eigenvalue weighted by molar-refractivity contribution is -0.385. The van der Waals surface area contributed by atoms with Crippen molar-refractivity contribution in [3.8, 4) is 5.75 Å². The minimum absolute atomic E-state index is 0.276. The number of nitro groups is 1. The third-order valence-corrected chi connectivity index (χ3v) is 4.18. The van der Waals surface area contributed by atoms with Crippen LogP contribution in [0.25, 0.3) is 16.3 Å². The summed E-state index contributed by atoms with van der Waals surface area (Å²) >= 11 is 1.29. The van der Waals surface area contributed by atoms with E-state index in [9.17, 15) is 20.0 Å². The monoisotopic (exact) mass is 326 g/mol. The summed E-state index contributed by atoms with van der Waals surface area (Å²) in [6, 6.07) is 11.4. The zero-order valence-electron chi connectivity index (χ0n) is 11.7. The molecule has 3 rings (SSSR count). The molecule has 1 aromatic heterocycles. The summed E-state index contributed by atoms with van der Waals surface area (Å²) in [5, 5.41) is 20.5. The Morgan fingerprint density at radius 3 is 2.78 bits per heavy atom. The van der Waals surface area contributed by atoms with Gasteiger partial charge in [0.15, 0.2) is 10.8 Å². The fourth-order valence-corrected chi connectivity index (χ4v) is 2.90. The van der Waals surface area contributed by atoms with Crippen LogP contribution in [0, 0.1) is 10.1 Å². The van der Waals surface area contributed by atoms with Gasteiger partial charge in [-0.2, -0.15) is 0 Å². The number of hydrogen-bond acceptors (Lipinski definition) is 6. The summed E-state index contributed by atoms with van der Waals surface area (Å²) in [6.45, 7) is 0. The fraction of sp³-hybridized carbons (Fsp3) is 0. The van der Waals surface area contributed by atoms with Crippen molar-refractivity contribution in [1.82, 2.24) is 4.98 Å². The van der Waals surface area contributed by atoms with Crippen LogP contribution in [0.1, 0.15) is 15.4 Å². The van der Waals surface area contributed by atoms with E-state index in [-0.39, 0.29) is 5.78 Å². The molecular formula is C16H10N2O4S. The van der Waals surface area contributed by atoms with Crippen LogP contribution in [-0.2, 0) is 0 Å². The van der Waals surface area contributed by atoms with Crippen LogP contribution < -0.4 is 0 Å². The van der Waals surface area contributed by atoms with Crippen molar-refractivity contribution in [3.05, 3.63) is 69.2 Å². The zero-order valence-corrected chi connectivity index (χ0v) is 12.5. The molecule has 3 aromatic rings. The highest BCUT2D eigenvalue weighted by atomic mass is 32.1. The van der Waals surface area contributed by atoms with Gasteiger partial charge >= 0.3 is 5.69 Å². The number of thiazole rings is 1. The molecule has 1 N–H and O–H groups in total. The Hall–Kier alpha value is -3.06. The van der Waals surface area contributed by atoms with Gasteiger partial charge in [0.1, 0.15) is 0 Å². The van der Waals surface area contributed by atoms with Gasteiger partial charge in [-0.15, -0.1) is 11.3 Å². The molecule has 0 aliphatic rings. The molecule has 0 fully saturated rings. The van der Waals surface area contributed by atoms with Crippen molar-refractivity contribution in [2.24, 2.45) is 0 Å². The number of fused-ring (bicyclic) bond motifs is 1. The van der Waals surface area contributed by atoms with Gasteiger partial charge in [-0.05, 0) is 29.8 Å². The van der Waals surface area contributed by atoms with E-state index in [1.54, 1.807) is 0 Å². The molecule has 0 saturated carbocycles. The number of phenolic OH excluding ortho intramolecular Hbond substituents is 1. The Kier molecular flexibility index (Phi) is 3.86. The number of aromatic nitrogens is 1. The Labute approximate surface area is 134 Å². The lowest BCUT2D eigenvalue weighted by atomic mass is 10.1. The Morgan fingerprint density at radius 1 is 1.26 bits per heavy atom. The van der Waals surface area contributed by atoms with E-state index in [4.69, 9.17) is 0 Å². The second kappa shape index (κ2) is 5.98. The SMILES string of the molecule is O=C(C=Cc1ccc(O)c([N+](=O)[O-])c1)c1nc2ccccc2s1. The molecule has 0 bridgehead atoms. The number of rotatable bonds is 4. The van der Waals surface area contributed by atoms with E-state index in [1.165, 1.54) is 41.7 Å². The highest BCUT2D eigenvalue weighted by molar-refractivity contribution is 7.20. The first-order chi connectivity index (χ1) is 11.0. The molecule has 0 aliphatic heterocycles. The van der Waals surface area contributed by atoms with Crippen molar-refractivity contribution in [3.63, 3.8) is 0 Å². The van der Waals surface area contributed by atoms with E-state index in [1.807, 2.05) is 24.3 Å². The van der Waals surface area contributed by atoms with E-state index < -0.39 is 16.4 Å². The molecule has 0 spiro atoms. The fourth-order valence-electron chi connectivity index (χ4n) is 2.01. The predicted molar refractivity (Wildman–Crippen MR) is 87.7 cm³/mol. The Morgan fingerprint density at radius 2 is 2.04 bits per heavy atom. The first-order valence-electron chi connectivity index (χ1n) is 6.60. The minimum atomic E-state index is -0.679. The van der Waals surface area contributed by atoms with E-state index in [0.29, 0.717) is 10.6 Å². The molecule has 23 heavy (non-hydrogen) atoms. The minimum Gasteiger partial charge on any atom is -0.502 e. The summed E-state index contributed by atoms with van der Waals surface area (Å²) in [7, 11) is 0. The van der Waals surface area contributed by atoms with Gasteiger partial charge < -0.3 is 5.11 Å². The van der Waals surface area contributed by atoms with Gasteiger partial charge in [0.05, 0.1) is 15.1 Å². The van der Waals surface area contributed by atoms with Crippen molar-refractivity contribution in [2.75, 3.05) is 0 Å². The van der Waals surface area contributed by atoms with Crippen LogP contribution >= 0.6 is 11.3 Å². The van der Waals surface area contributed by atoms with Gasteiger partial charge in [-0.1, -0.05) is 24.3 Å². The number of benzene rings is 2. The second-order valence-corrected chi connectivity index (χ2v) is 5.72. The maximum absolute atomic E-state index is 12.2. The summed E-state index contributed by atoms with van der Waals surface area (Å²) in [5.41, 5.74) is 0.804. The average molecular weight is 326 g/mol. The molecule has 0 radical (unpaired) electrons. The highest BCUT2D eigenvalue weighted by Gasteiger charge is 2.13. The largest absolute Gasteiger partial charge is 0.502 e. The standard InChI is InChI=1S/C16H10N2O4S/c19-13-7-5-10(9-12(13)18(21)22)6-8-14(20)16-17-11-3-1-2-4-15(11)23-16/h1-9,19H. The smallest absolute Gasteiger partial charge is 0.311 e. The van der Waals surface area contributed by atoms with Crippen LogP contribution in [0.4, 0.5) is 5.69 Å². The van der Waals surface area contributed by atoms with E-state index in [2.05, 4.69) is 4.98 Å². The molecule has 0 aliphatic carbocycles. The number of allylic oxidation sites excluding steroid dienone is 1. The molecule has 6 nitrogen and oxygen atoms in total. The number of carbonyl (C=O) groups is 1. The zero-order chi connectivity index (χ0) is 16.4. The Bertz CT molecular complexity index is 913. The van der Waals surface area contributed by atoms with Crippen molar-refractivity contribution < 1.29 is 14.8 Å². The number of phenols is 1. The van der Waals surface area contributed by atoms with Crippen molar-refractivity contribution in [1.29, 1.82) is 0 Å². The molecule has 0 atom stereocenters. The van der Waals surface area contributed by atoms with Crippen LogP contribution in [0.15, 0.2) is 48.5 Å². The lowest BCUT2D eigenvalue weighted by Gasteiger charge is -1.97.